The van der Waals surface area contributed by atoms with E-state index in [9.17, 15) is 9.59 Å². The number of rotatable bonds is 2. The Morgan fingerprint density at radius 1 is 1.36 bits per heavy atom. The van der Waals surface area contributed by atoms with Gasteiger partial charge in [0.1, 0.15) is 11.1 Å². The number of fused-ring (bicyclic) bond motifs is 1. The highest BCUT2D eigenvalue weighted by molar-refractivity contribution is 6.31. The summed E-state index contributed by atoms with van der Waals surface area (Å²) in [7, 11) is 0. The summed E-state index contributed by atoms with van der Waals surface area (Å²) in [6.45, 7) is 1.02. The first kappa shape index (κ1) is 15.1. The van der Waals surface area contributed by atoms with Gasteiger partial charge in [-0.1, -0.05) is 11.6 Å². The van der Waals surface area contributed by atoms with E-state index >= 15 is 0 Å². The summed E-state index contributed by atoms with van der Waals surface area (Å²) in [5, 5.41) is 1.16. The minimum Gasteiger partial charge on any atom is -0.422 e. The molecule has 1 aromatic carbocycles. The Morgan fingerprint density at radius 3 is 2.95 bits per heavy atom. The maximum absolute atomic E-state index is 12.7. The van der Waals surface area contributed by atoms with E-state index < -0.39 is 5.63 Å². The molecule has 22 heavy (non-hydrogen) atoms. The fourth-order valence-electron chi connectivity index (χ4n) is 2.91. The average molecular weight is 321 g/mol. The van der Waals surface area contributed by atoms with Crippen molar-refractivity contribution < 1.29 is 9.21 Å². The van der Waals surface area contributed by atoms with Gasteiger partial charge in [-0.2, -0.15) is 0 Å². The molecule has 0 aliphatic carbocycles. The van der Waals surface area contributed by atoms with E-state index in [0.717, 1.165) is 19.3 Å². The molecule has 2 N–H and O–H groups in total. The van der Waals surface area contributed by atoms with Gasteiger partial charge >= 0.3 is 5.63 Å². The van der Waals surface area contributed by atoms with Gasteiger partial charge in [-0.05, 0) is 43.5 Å². The first-order valence-electron chi connectivity index (χ1n) is 7.34. The minimum atomic E-state index is -0.624. The van der Waals surface area contributed by atoms with Gasteiger partial charge < -0.3 is 15.1 Å². The van der Waals surface area contributed by atoms with E-state index in [0.29, 0.717) is 29.1 Å². The second-order valence-electron chi connectivity index (χ2n) is 5.51. The zero-order valence-electron chi connectivity index (χ0n) is 12.0. The number of carbonyl (C=O) groups excluding carboxylic acids is 1. The van der Waals surface area contributed by atoms with Crippen molar-refractivity contribution in [2.24, 2.45) is 5.73 Å². The second kappa shape index (κ2) is 6.10. The Labute approximate surface area is 132 Å². The van der Waals surface area contributed by atoms with Crippen LogP contribution in [0.1, 0.15) is 29.6 Å². The molecule has 1 aliphatic heterocycles. The number of halogens is 1. The fourth-order valence-corrected chi connectivity index (χ4v) is 3.09. The van der Waals surface area contributed by atoms with Crippen molar-refractivity contribution in [1.82, 2.24) is 4.90 Å². The third-order valence-electron chi connectivity index (χ3n) is 4.08. The summed E-state index contributed by atoms with van der Waals surface area (Å²) >= 11 is 5.95. The van der Waals surface area contributed by atoms with Gasteiger partial charge in [-0.25, -0.2) is 4.79 Å². The molecule has 0 radical (unpaired) electrons. The van der Waals surface area contributed by atoms with E-state index in [4.69, 9.17) is 21.8 Å². The molecule has 116 valence electrons. The van der Waals surface area contributed by atoms with Crippen molar-refractivity contribution >= 4 is 28.5 Å². The standard InChI is InChI=1S/C16H17ClN2O3/c17-11-4-5-14-10(7-11)8-13(16(21)22-14)15(20)19-6-2-1-3-12(19)9-18/h4-5,7-8,12H,1-3,6,9,18H2. The van der Waals surface area contributed by atoms with Crippen LogP contribution >= 0.6 is 11.6 Å². The third-order valence-corrected chi connectivity index (χ3v) is 4.32. The van der Waals surface area contributed by atoms with Gasteiger partial charge in [0.2, 0.25) is 0 Å². The van der Waals surface area contributed by atoms with Crippen LogP contribution < -0.4 is 11.4 Å². The molecule has 1 saturated heterocycles. The van der Waals surface area contributed by atoms with Crippen molar-refractivity contribution in [2.45, 2.75) is 25.3 Å². The zero-order chi connectivity index (χ0) is 15.7. The third kappa shape index (κ3) is 2.74. The predicted octanol–water partition coefficient (Wildman–Crippen LogP) is 2.40. The van der Waals surface area contributed by atoms with Crippen LogP contribution in [0.15, 0.2) is 33.5 Å². The summed E-state index contributed by atoms with van der Waals surface area (Å²) in [6.07, 6.45) is 2.84. The quantitative estimate of drug-likeness (QED) is 0.862. The molecule has 2 heterocycles. The number of likely N-dealkylation sites (tertiary alicyclic amines) is 1. The molecule has 5 nitrogen and oxygen atoms in total. The minimum absolute atomic E-state index is 0.0179. The summed E-state index contributed by atoms with van der Waals surface area (Å²) in [5.74, 6) is -0.314. The largest absolute Gasteiger partial charge is 0.422 e. The summed E-state index contributed by atoms with van der Waals surface area (Å²) < 4.78 is 5.24. The molecule has 0 spiro atoms. The van der Waals surface area contributed by atoms with E-state index in [1.165, 1.54) is 0 Å². The molecule has 3 rings (SSSR count). The average Bonchev–Trinajstić information content (AvgIpc) is 2.54. The number of hydrogen-bond acceptors (Lipinski definition) is 4. The highest BCUT2D eigenvalue weighted by Crippen LogP contribution is 2.22. The number of benzene rings is 1. The molecule has 1 amide bonds. The lowest BCUT2D eigenvalue weighted by Crippen LogP contribution is -2.48. The van der Waals surface area contributed by atoms with Crippen molar-refractivity contribution in [3.8, 4) is 0 Å². The van der Waals surface area contributed by atoms with Crippen LogP contribution in [0.4, 0.5) is 0 Å². The first-order valence-corrected chi connectivity index (χ1v) is 7.72. The maximum atomic E-state index is 12.7. The SMILES string of the molecule is NCC1CCCCN1C(=O)c1cc2cc(Cl)ccc2oc1=O. The summed E-state index contributed by atoms with van der Waals surface area (Å²) in [5.41, 5.74) is 5.57. The van der Waals surface area contributed by atoms with Crippen LogP contribution in [0.3, 0.4) is 0 Å². The van der Waals surface area contributed by atoms with Gasteiger partial charge in [0.05, 0.1) is 0 Å². The van der Waals surface area contributed by atoms with E-state index in [1.807, 2.05) is 0 Å². The number of piperidine rings is 1. The Bertz CT molecular complexity index is 772. The van der Waals surface area contributed by atoms with Crippen LogP contribution in [-0.2, 0) is 0 Å². The Kier molecular flexibility index (Phi) is 4.18. The van der Waals surface area contributed by atoms with E-state index in [2.05, 4.69) is 0 Å². The van der Waals surface area contributed by atoms with Crippen LogP contribution in [0, 0.1) is 0 Å². The summed E-state index contributed by atoms with van der Waals surface area (Å²) in [4.78, 5) is 26.5. The van der Waals surface area contributed by atoms with Gasteiger partial charge in [0.15, 0.2) is 0 Å². The molecular formula is C16H17ClN2O3. The first-order chi connectivity index (χ1) is 10.6. The van der Waals surface area contributed by atoms with Crippen molar-refractivity contribution in [1.29, 1.82) is 0 Å². The Hall–Kier alpha value is -1.85. The van der Waals surface area contributed by atoms with E-state index in [-0.39, 0.29) is 17.5 Å². The smallest absolute Gasteiger partial charge is 0.349 e. The summed E-state index contributed by atoms with van der Waals surface area (Å²) in [6, 6.07) is 6.47. The molecule has 1 atom stereocenters. The lowest BCUT2D eigenvalue weighted by molar-refractivity contribution is 0.0619. The maximum Gasteiger partial charge on any atom is 0.349 e. The molecule has 6 heteroatoms. The fraction of sp³-hybridized carbons (Fsp3) is 0.375. The van der Waals surface area contributed by atoms with Gasteiger partial charge in [0.25, 0.3) is 5.91 Å². The molecular weight excluding hydrogens is 304 g/mol. The molecule has 1 aromatic heterocycles. The lowest BCUT2D eigenvalue weighted by atomic mass is 10.0. The molecule has 0 saturated carbocycles. The lowest BCUT2D eigenvalue weighted by Gasteiger charge is -2.34. The number of nitrogens with two attached hydrogens (primary N) is 1. The topological polar surface area (TPSA) is 76.5 Å². The Morgan fingerprint density at radius 2 is 2.18 bits per heavy atom. The van der Waals surface area contributed by atoms with Crippen molar-refractivity contribution in [3.05, 3.63) is 45.3 Å². The molecule has 1 fully saturated rings. The zero-order valence-corrected chi connectivity index (χ0v) is 12.8. The number of amides is 1. The van der Waals surface area contributed by atoms with Gasteiger partial charge in [-0.15, -0.1) is 0 Å². The van der Waals surface area contributed by atoms with Crippen LogP contribution in [0.25, 0.3) is 11.0 Å². The van der Waals surface area contributed by atoms with Gasteiger partial charge in [-0.3, -0.25) is 4.79 Å². The molecule has 1 unspecified atom stereocenters. The normalized spacial score (nSPS) is 18.6. The number of nitrogens with zero attached hydrogens (tertiary/aromatic N) is 1. The monoisotopic (exact) mass is 320 g/mol. The highest BCUT2D eigenvalue weighted by Gasteiger charge is 2.28. The Balaban J connectivity index is 2.03. The van der Waals surface area contributed by atoms with E-state index in [1.54, 1.807) is 29.2 Å². The second-order valence-corrected chi connectivity index (χ2v) is 5.95. The molecule has 0 bridgehead atoms. The number of hydrogen-bond donors (Lipinski definition) is 1. The predicted molar refractivity (Wildman–Crippen MR) is 85.2 cm³/mol. The molecule has 2 aromatic rings. The van der Waals surface area contributed by atoms with Crippen LogP contribution in [0.2, 0.25) is 5.02 Å². The van der Waals surface area contributed by atoms with Gasteiger partial charge in [0, 0.05) is 29.5 Å². The van der Waals surface area contributed by atoms with Crippen LogP contribution in [-0.4, -0.2) is 29.9 Å². The number of carbonyl (C=O) groups is 1. The molecule has 1 aliphatic rings. The van der Waals surface area contributed by atoms with Crippen LogP contribution in [0.5, 0.6) is 0 Å². The van der Waals surface area contributed by atoms with Crippen molar-refractivity contribution in [3.63, 3.8) is 0 Å². The van der Waals surface area contributed by atoms with Crippen molar-refractivity contribution in [2.75, 3.05) is 13.1 Å². The highest BCUT2D eigenvalue weighted by atomic mass is 35.5.